The van der Waals surface area contributed by atoms with E-state index in [1.54, 1.807) is 19.7 Å². The highest BCUT2D eigenvalue weighted by molar-refractivity contribution is 7.15. The number of anilines is 2. The minimum Gasteiger partial charge on any atom is -0.497 e. The van der Waals surface area contributed by atoms with Crippen molar-refractivity contribution >= 4 is 44.8 Å². The number of ether oxygens (including phenoxy) is 2. The molecule has 1 saturated carbocycles. The second-order valence-corrected chi connectivity index (χ2v) is 11.0. The number of nitrogens with one attached hydrogen (secondary N) is 2. The molecule has 0 bridgehead atoms. The summed E-state index contributed by atoms with van der Waals surface area (Å²) in [6.45, 7) is 0. The summed E-state index contributed by atoms with van der Waals surface area (Å²) in [6.07, 6.45) is 6.86. The van der Waals surface area contributed by atoms with Crippen LogP contribution in [-0.4, -0.2) is 46.4 Å². The van der Waals surface area contributed by atoms with Crippen molar-refractivity contribution in [2.45, 2.75) is 50.9 Å². The Kier molecular flexibility index (Phi) is 10.9. The van der Waals surface area contributed by atoms with Gasteiger partial charge in [0.05, 0.1) is 27.1 Å². The lowest BCUT2D eigenvalue weighted by Crippen LogP contribution is -2.14. The summed E-state index contributed by atoms with van der Waals surface area (Å²) in [5, 5.41) is 23.5. The molecular weight excluding hydrogens is 548 g/mol. The van der Waals surface area contributed by atoms with Crippen LogP contribution >= 0.6 is 22.7 Å². The van der Waals surface area contributed by atoms with Gasteiger partial charge in [-0.05, 0) is 48.2 Å². The van der Waals surface area contributed by atoms with Crippen molar-refractivity contribution in [2.24, 2.45) is 0 Å². The van der Waals surface area contributed by atoms with Gasteiger partial charge in [-0.1, -0.05) is 66.2 Å². The normalized spacial score (nSPS) is 13.1. The van der Waals surface area contributed by atoms with Gasteiger partial charge in [0.25, 0.3) is 0 Å². The highest BCUT2D eigenvalue weighted by Crippen LogP contribution is 2.35. The number of carbonyl (C=O) groups is 2. The Hall–Kier alpha value is -3.90. The summed E-state index contributed by atoms with van der Waals surface area (Å²) in [7, 11) is 3.23. The zero-order chi connectivity index (χ0) is 28.2. The van der Waals surface area contributed by atoms with Gasteiger partial charge in [0, 0.05) is 5.92 Å². The van der Waals surface area contributed by atoms with Crippen molar-refractivity contribution in [3.63, 3.8) is 0 Å². The number of carbonyl (C=O) groups excluding carboxylic acids is 2. The predicted octanol–water partition coefficient (Wildman–Crippen LogP) is 5.50. The highest BCUT2D eigenvalue weighted by atomic mass is 32.1. The zero-order valence-electron chi connectivity index (χ0n) is 22.5. The molecule has 2 amide bonds. The van der Waals surface area contributed by atoms with Gasteiger partial charge in [0.1, 0.15) is 22.0 Å². The molecule has 2 aromatic heterocycles. The molecule has 1 aliphatic rings. The minimum atomic E-state index is -0.105. The summed E-state index contributed by atoms with van der Waals surface area (Å²) < 4.78 is 10.2. The number of aromatic nitrogens is 4. The molecule has 0 unspecified atom stereocenters. The second kappa shape index (κ2) is 15.0. The van der Waals surface area contributed by atoms with Gasteiger partial charge in [0.2, 0.25) is 22.1 Å². The van der Waals surface area contributed by atoms with Crippen molar-refractivity contribution in [3.05, 3.63) is 70.2 Å². The summed E-state index contributed by atoms with van der Waals surface area (Å²) in [5.41, 5.74) is 3.44. The van der Waals surface area contributed by atoms with Crippen LogP contribution in [0.3, 0.4) is 0 Å². The molecule has 1 fully saturated rings. The molecule has 4 aromatic rings. The Morgan fingerprint density at radius 3 is 1.82 bits per heavy atom. The third-order valence-electron chi connectivity index (χ3n) is 6.30. The topological polar surface area (TPSA) is 128 Å². The fraction of sp³-hybridized carbons (Fsp3) is 0.357. The van der Waals surface area contributed by atoms with Gasteiger partial charge in [-0.15, -0.1) is 20.4 Å². The lowest BCUT2D eigenvalue weighted by atomic mass is 9.90. The minimum absolute atomic E-state index is 0.0680. The van der Waals surface area contributed by atoms with E-state index in [1.807, 2.05) is 48.5 Å². The van der Waals surface area contributed by atoms with Crippen LogP contribution in [0.15, 0.2) is 54.0 Å². The molecule has 0 radical (unpaired) electrons. The Balaban J connectivity index is 0.000000194. The Morgan fingerprint density at radius 1 is 0.775 bits per heavy atom. The maximum absolute atomic E-state index is 12.1. The van der Waals surface area contributed by atoms with Gasteiger partial charge < -0.3 is 20.1 Å². The summed E-state index contributed by atoms with van der Waals surface area (Å²) in [4.78, 5) is 23.7. The fourth-order valence-electron chi connectivity index (χ4n) is 4.21. The number of rotatable bonds is 9. The number of amides is 2. The quantitative estimate of drug-likeness (QED) is 0.265. The fourth-order valence-corrected chi connectivity index (χ4v) is 5.60. The van der Waals surface area contributed by atoms with Crippen molar-refractivity contribution in [1.29, 1.82) is 0 Å². The highest BCUT2D eigenvalue weighted by Gasteiger charge is 2.20. The molecule has 0 atom stereocenters. The third-order valence-corrected chi connectivity index (χ3v) is 7.90. The van der Waals surface area contributed by atoms with Crippen LogP contribution in [0.25, 0.3) is 0 Å². The van der Waals surface area contributed by atoms with E-state index in [0.717, 1.165) is 27.6 Å². The molecule has 40 heavy (non-hydrogen) atoms. The summed E-state index contributed by atoms with van der Waals surface area (Å²) in [5.74, 6) is 1.91. The maximum Gasteiger partial charge on any atom is 0.230 e. The molecule has 2 heterocycles. The van der Waals surface area contributed by atoms with Gasteiger partial charge in [0.15, 0.2) is 0 Å². The van der Waals surface area contributed by atoms with E-state index in [-0.39, 0.29) is 11.8 Å². The summed E-state index contributed by atoms with van der Waals surface area (Å²) >= 11 is 2.80. The Labute approximate surface area is 241 Å². The SMILES string of the molecule is COc1ccc(CC(=O)Nc2nnc(C3CCCCC3)s2)cc1.COc1ccc(CC(=O)Nc2nncs2)cc1. The number of hydrogen-bond acceptors (Lipinski definition) is 10. The van der Waals surface area contributed by atoms with Crippen LogP contribution < -0.4 is 20.1 Å². The number of benzene rings is 2. The first-order valence-electron chi connectivity index (χ1n) is 13.0. The van der Waals surface area contributed by atoms with Crippen LogP contribution in [0, 0.1) is 0 Å². The molecule has 12 heteroatoms. The zero-order valence-corrected chi connectivity index (χ0v) is 24.1. The molecule has 2 aromatic carbocycles. The van der Waals surface area contributed by atoms with E-state index in [9.17, 15) is 9.59 Å². The van der Waals surface area contributed by atoms with Crippen molar-refractivity contribution < 1.29 is 19.1 Å². The largest absolute Gasteiger partial charge is 0.497 e. The van der Waals surface area contributed by atoms with Crippen LogP contribution in [-0.2, 0) is 22.4 Å². The maximum atomic E-state index is 12.1. The monoisotopic (exact) mass is 580 g/mol. The first-order chi connectivity index (χ1) is 19.5. The molecule has 210 valence electrons. The molecule has 2 N–H and O–H groups in total. The average Bonchev–Trinajstić information content (AvgIpc) is 3.67. The van der Waals surface area contributed by atoms with E-state index in [0.29, 0.717) is 29.0 Å². The van der Waals surface area contributed by atoms with Crippen molar-refractivity contribution in [2.75, 3.05) is 24.9 Å². The predicted molar refractivity (Wildman–Crippen MR) is 156 cm³/mol. The number of methoxy groups -OCH3 is 2. The third kappa shape index (κ3) is 9.09. The molecule has 1 aliphatic carbocycles. The molecule has 0 spiro atoms. The standard InChI is InChI=1S/C17H21N3O2S.C11H11N3O2S/c1-22-14-9-7-12(8-10-14)11-15(21)18-17-20-19-16(23-17)13-5-3-2-4-6-13;1-16-9-4-2-8(3-5-9)6-10(15)13-11-14-12-7-17-11/h7-10,13H,2-6,11H2,1H3,(H,18,20,21);2-5,7H,6H2,1H3,(H,13,14,15). The average molecular weight is 581 g/mol. The lowest BCUT2D eigenvalue weighted by molar-refractivity contribution is -0.116. The van der Waals surface area contributed by atoms with Crippen LogP contribution in [0.5, 0.6) is 11.5 Å². The Bertz CT molecular complexity index is 1340. The number of hydrogen-bond donors (Lipinski definition) is 2. The molecule has 0 saturated heterocycles. The smallest absolute Gasteiger partial charge is 0.230 e. The lowest BCUT2D eigenvalue weighted by Gasteiger charge is -2.18. The molecule has 10 nitrogen and oxygen atoms in total. The van der Waals surface area contributed by atoms with Crippen molar-refractivity contribution in [3.8, 4) is 11.5 Å². The van der Waals surface area contributed by atoms with Gasteiger partial charge in [-0.25, -0.2) is 0 Å². The summed E-state index contributed by atoms with van der Waals surface area (Å²) in [6, 6.07) is 14.9. The second-order valence-electron chi connectivity index (χ2n) is 9.17. The number of nitrogens with zero attached hydrogens (tertiary/aromatic N) is 4. The van der Waals surface area contributed by atoms with Crippen molar-refractivity contribution in [1.82, 2.24) is 20.4 Å². The van der Waals surface area contributed by atoms with E-state index in [1.165, 1.54) is 54.8 Å². The molecular formula is C28H32N6O4S2. The van der Waals surface area contributed by atoms with Gasteiger partial charge in [-0.2, -0.15) is 0 Å². The van der Waals surface area contributed by atoms with Crippen LogP contribution in [0.1, 0.15) is 54.2 Å². The van der Waals surface area contributed by atoms with Crippen LogP contribution in [0.2, 0.25) is 0 Å². The molecule has 0 aliphatic heterocycles. The van der Waals surface area contributed by atoms with Gasteiger partial charge >= 0.3 is 0 Å². The van der Waals surface area contributed by atoms with E-state index < -0.39 is 0 Å². The first kappa shape index (κ1) is 29.1. The van der Waals surface area contributed by atoms with Crippen LogP contribution in [0.4, 0.5) is 10.3 Å². The van der Waals surface area contributed by atoms with E-state index in [4.69, 9.17) is 9.47 Å². The molecule has 5 rings (SSSR count). The first-order valence-corrected chi connectivity index (χ1v) is 14.7. The Morgan fingerprint density at radius 2 is 1.32 bits per heavy atom. The van der Waals surface area contributed by atoms with E-state index in [2.05, 4.69) is 31.0 Å². The van der Waals surface area contributed by atoms with E-state index >= 15 is 0 Å². The van der Waals surface area contributed by atoms with Gasteiger partial charge in [-0.3, -0.25) is 9.59 Å².